The van der Waals surface area contributed by atoms with Crippen LogP contribution in [-0.4, -0.2) is 11.1 Å². The predicted octanol–water partition coefficient (Wildman–Crippen LogP) is 4.09. The number of para-hydroxylation sites is 1. The van der Waals surface area contributed by atoms with Gasteiger partial charge >= 0.3 is 5.97 Å². The second-order valence-electron chi connectivity index (χ2n) is 4.32. The first-order chi connectivity index (χ1) is 8.66. The number of unbranched alkanes of at least 4 members (excludes halogenated alkanes) is 5. The van der Waals surface area contributed by atoms with Crippen molar-refractivity contribution in [3.05, 3.63) is 30.3 Å². The minimum Gasteiger partial charge on any atom is -0.481 e. The molecule has 0 heterocycles. The summed E-state index contributed by atoms with van der Waals surface area (Å²) in [6, 6.07) is 9.49. The Bertz CT molecular complexity index is 299. The van der Waals surface area contributed by atoms with Crippen molar-refractivity contribution in [3.8, 4) is 0 Å². The van der Waals surface area contributed by atoms with Crippen molar-refractivity contribution in [1.29, 1.82) is 0 Å². The summed E-state index contributed by atoms with van der Waals surface area (Å²) in [6.45, 7) is 2.18. The van der Waals surface area contributed by atoms with E-state index in [1.165, 1.54) is 25.7 Å². The molecule has 3 nitrogen and oxygen atoms in total. The molecule has 0 spiro atoms. The number of carbonyl (C=O) groups is 1. The Morgan fingerprint density at radius 2 is 1.61 bits per heavy atom. The van der Waals surface area contributed by atoms with Crippen molar-refractivity contribution in [3.63, 3.8) is 0 Å². The monoisotopic (exact) mass is 251 g/mol. The lowest BCUT2D eigenvalue weighted by atomic mass is 10.1. The Kier molecular flexibility index (Phi) is 11.0. The molecule has 1 rings (SSSR count). The third-order valence-electron chi connectivity index (χ3n) is 2.54. The molecule has 18 heavy (non-hydrogen) atoms. The lowest BCUT2D eigenvalue weighted by Gasteiger charge is -1.97. The van der Waals surface area contributed by atoms with Gasteiger partial charge in [0.2, 0.25) is 0 Å². The Morgan fingerprint density at radius 3 is 2.06 bits per heavy atom. The number of benzene rings is 1. The van der Waals surface area contributed by atoms with Crippen molar-refractivity contribution in [2.24, 2.45) is 0 Å². The molecule has 0 aromatic heterocycles. The second-order valence-corrected chi connectivity index (χ2v) is 4.32. The van der Waals surface area contributed by atoms with Crippen LogP contribution in [0.25, 0.3) is 0 Å². The van der Waals surface area contributed by atoms with E-state index in [0.29, 0.717) is 6.42 Å². The van der Waals surface area contributed by atoms with Crippen molar-refractivity contribution in [2.45, 2.75) is 51.9 Å². The van der Waals surface area contributed by atoms with Gasteiger partial charge in [0.05, 0.1) is 0 Å². The standard InChI is InChI=1S/C9H18O2.C6H7N/c1-2-3-4-5-6-7-8-9(10)11;7-6-4-2-1-3-5-6/h2-8H2,1H3,(H,10,11);1-5H,7H2. The van der Waals surface area contributed by atoms with E-state index in [2.05, 4.69) is 6.92 Å². The molecule has 0 aliphatic rings. The largest absolute Gasteiger partial charge is 0.481 e. The van der Waals surface area contributed by atoms with Gasteiger partial charge in [-0.2, -0.15) is 0 Å². The fraction of sp³-hybridized carbons (Fsp3) is 0.533. The first-order valence-corrected chi connectivity index (χ1v) is 6.69. The summed E-state index contributed by atoms with van der Waals surface area (Å²) in [5.74, 6) is -0.666. The molecular formula is C15H25NO2. The molecule has 0 saturated carbocycles. The molecule has 1 aromatic carbocycles. The molecule has 3 heteroatoms. The normalized spacial score (nSPS) is 9.39. The summed E-state index contributed by atoms with van der Waals surface area (Å²) in [7, 11) is 0. The zero-order valence-corrected chi connectivity index (χ0v) is 11.3. The maximum atomic E-state index is 10.1. The number of rotatable bonds is 7. The van der Waals surface area contributed by atoms with Crippen LogP contribution < -0.4 is 5.73 Å². The fourth-order valence-electron chi connectivity index (χ4n) is 1.51. The highest BCUT2D eigenvalue weighted by Gasteiger charge is 1.95. The van der Waals surface area contributed by atoms with E-state index < -0.39 is 5.97 Å². The van der Waals surface area contributed by atoms with E-state index >= 15 is 0 Å². The zero-order chi connectivity index (χ0) is 13.6. The number of carboxylic acids is 1. The van der Waals surface area contributed by atoms with Gasteiger partial charge in [-0.3, -0.25) is 4.79 Å². The quantitative estimate of drug-likeness (QED) is 0.566. The third kappa shape index (κ3) is 12.6. The minimum atomic E-state index is -0.666. The molecule has 0 unspecified atom stereocenters. The van der Waals surface area contributed by atoms with Crippen LogP contribution in [-0.2, 0) is 4.79 Å². The minimum absolute atomic E-state index is 0.339. The highest BCUT2D eigenvalue weighted by Crippen LogP contribution is 2.06. The average molecular weight is 251 g/mol. The molecule has 0 fully saturated rings. The summed E-state index contributed by atoms with van der Waals surface area (Å²) in [5, 5.41) is 8.32. The van der Waals surface area contributed by atoms with Crippen molar-refractivity contribution in [1.82, 2.24) is 0 Å². The van der Waals surface area contributed by atoms with Crippen molar-refractivity contribution in [2.75, 3.05) is 5.73 Å². The molecule has 3 N–H and O–H groups in total. The number of hydrogen-bond donors (Lipinski definition) is 2. The van der Waals surface area contributed by atoms with Gasteiger partial charge in [0.15, 0.2) is 0 Å². The Morgan fingerprint density at radius 1 is 1.06 bits per heavy atom. The number of nitrogen functional groups attached to an aromatic ring is 1. The molecule has 0 aliphatic heterocycles. The maximum absolute atomic E-state index is 10.1. The first-order valence-electron chi connectivity index (χ1n) is 6.69. The molecule has 0 amide bonds. The summed E-state index contributed by atoms with van der Waals surface area (Å²) in [5.41, 5.74) is 6.18. The maximum Gasteiger partial charge on any atom is 0.303 e. The summed E-state index contributed by atoms with van der Waals surface area (Å²) >= 11 is 0. The smallest absolute Gasteiger partial charge is 0.303 e. The lowest BCUT2D eigenvalue weighted by molar-refractivity contribution is -0.137. The van der Waals surface area contributed by atoms with Gasteiger partial charge in [-0.25, -0.2) is 0 Å². The topological polar surface area (TPSA) is 63.3 Å². The molecule has 102 valence electrons. The van der Waals surface area contributed by atoms with E-state index in [9.17, 15) is 4.79 Å². The van der Waals surface area contributed by atoms with Crippen LogP contribution in [0, 0.1) is 0 Å². The van der Waals surface area contributed by atoms with Gasteiger partial charge in [-0.05, 0) is 18.6 Å². The number of anilines is 1. The van der Waals surface area contributed by atoms with E-state index in [-0.39, 0.29) is 0 Å². The van der Waals surface area contributed by atoms with Crippen LogP contribution in [0.5, 0.6) is 0 Å². The number of nitrogens with two attached hydrogens (primary N) is 1. The van der Waals surface area contributed by atoms with Crippen LogP contribution in [0.1, 0.15) is 51.9 Å². The van der Waals surface area contributed by atoms with E-state index in [1.54, 1.807) is 0 Å². The highest BCUT2D eigenvalue weighted by atomic mass is 16.4. The van der Waals surface area contributed by atoms with Gasteiger partial charge in [-0.1, -0.05) is 57.2 Å². The number of hydrogen-bond acceptors (Lipinski definition) is 2. The van der Waals surface area contributed by atoms with Crippen LogP contribution in [0.2, 0.25) is 0 Å². The van der Waals surface area contributed by atoms with Gasteiger partial charge in [-0.15, -0.1) is 0 Å². The van der Waals surface area contributed by atoms with Gasteiger partial charge in [0.1, 0.15) is 0 Å². The molecule has 0 atom stereocenters. The van der Waals surface area contributed by atoms with Crippen LogP contribution in [0.4, 0.5) is 5.69 Å². The average Bonchev–Trinajstić information content (AvgIpc) is 2.35. The van der Waals surface area contributed by atoms with Gasteiger partial charge < -0.3 is 10.8 Å². The summed E-state index contributed by atoms with van der Waals surface area (Å²) in [6.07, 6.45) is 7.25. The zero-order valence-electron chi connectivity index (χ0n) is 11.3. The number of aliphatic carboxylic acids is 1. The van der Waals surface area contributed by atoms with Crippen molar-refractivity contribution >= 4 is 11.7 Å². The lowest BCUT2D eigenvalue weighted by Crippen LogP contribution is -1.93. The Hall–Kier alpha value is -1.51. The van der Waals surface area contributed by atoms with Crippen LogP contribution in [0.15, 0.2) is 30.3 Å². The molecule has 0 radical (unpaired) electrons. The Labute approximate surface area is 110 Å². The fourth-order valence-corrected chi connectivity index (χ4v) is 1.51. The van der Waals surface area contributed by atoms with Crippen LogP contribution >= 0.6 is 0 Å². The van der Waals surface area contributed by atoms with E-state index in [0.717, 1.165) is 18.5 Å². The van der Waals surface area contributed by atoms with Gasteiger partial charge in [0, 0.05) is 12.1 Å². The van der Waals surface area contributed by atoms with Crippen LogP contribution in [0.3, 0.4) is 0 Å². The molecule has 1 aromatic rings. The third-order valence-corrected chi connectivity index (χ3v) is 2.54. The Balaban J connectivity index is 0.000000351. The number of carboxylic acid groups (broad SMARTS) is 1. The van der Waals surface area contributed by atoms with E-state index in [4.69, 9.17) is 10.8 Å². The summed E-state index contributed by atoms with van der Waals surface area (Å²) in [4.78, 5) is 10.1. The predicted molar refractivity (Wildman–Crippen MR) is 76.5 cm³/mol. The van der Waals surface area contributed by atoms with Crippen molar-refractivity contribution < 1.29 is 9.90 Å². The second kappa shape index (κ2) is 12.0. The molecular weight excluding hydrogens is 226 g/mol. The molecule has 0 aliphatic carbocycles. The molecule has 0 saturated heterocycles. The first kappa shape index (κ1) is 16.5. The van der Waals surface area contributed by atoms with Gasteiger partial charge in [0.25, 0.3) is 0 Å². The molecule has 0 bridgehead atoms. The highest BCUT2D eigenvalue weighted by molar-refractivity contribution is 5.66. The SMILES string of the molecule is CCCCCCCCC(=O)O.Nc1ccccc1. The van der Waals surface area contributed by atoms with E-state index in [1.807, 2.05) is 30.3 Å². The summed E-state index contributed by atoms with van der Waals surface area (Å²) < 4.78 is 0.